The van der Waals surface area contributed by atoms with Gasteiger partial charge in [-0.3, -0.25) is 0 Å². The highest BCUT2D eigenvalue weighted by molar-refractivity contribution is 7.98. The summed E-state index contributed by atoms with van der Waals surface area (Å²) in [6.45, 7) is 5.08. The number of hydrogen-bond donors (Lipinski definition) is 1. The van der Waals surface area contributed by atoms with Crippen LogP contribution in [0, 0.1) is 12.7 Å². The van der Waals surface area contributed by atoms with E-state index in [0.717, 1.165) is 16.5 Å². The Morgan fingerprint density at radius 1 is 1.18 bits per heavy atom. The minimum atomic E-state index is -4.76. The van der Waals surface area contributed by atoms with E-state index in [1.807, 2.05) is 13.0 Å². The lowest BCUT2D eigenvalue weighted by atomic mass is 10.0. The molecule has 0 radical (unpaired) electrons. The third-order valence-corrected chi connectivity index (χ3v) is 7.12. The molecule has 3 rings (SSSR count). The Hall–Kier alpha value is -2.66. The standard InChI is InChI=1S/C22H20F4N2O3S2/c1-4-21(3,20(29)30)31-17-8-6-14(9-12(17)2)32-11-18-27-28-19(33-18)13-5-7-15(16(23)10-13)22(24,25)26/h5-10H,4,11H2,1-3H3,(H,29,30). The smallest absolute Gasteiger partial charge is 0.419 e. The molecule has 3 aromatic rings. The van der Waals surface area contributed by atoms with Crippen LogP contribution in [0.4, 0.5) is 17.6 Å². The SMILES string of the molecule is CCC(C)(Oc1ccc(SCc2nnc(-c3ccc(C(F)(F)F)c(F)c3)s2)cc1C)C(=O)O. The quantitative estimate of drug-likeness (QED) is 0.278. The summed E-state index contributed by atoms with van der Waals surface area (Å²) >= 11 is 2.62. The predicted molar refractivity (Wildman–Crippen MR) is 118 cm³/mol. The first-order chi connectivity index (χ1) is 15.4. The summed E-state index contributed by atoms with van der Waals surface area (Å²) in [5, 5.41) is 18.3. The molecule has 1 heterocycles. The van der Waals surface area contributed by atoms with Gasteiger partial charge in [0.1, 0.15) is 21.6 Å². The molecule has 1 N–H and O–H groups in total. The minimum Gasteiger partial charge on any atom is -0.478 e. The first kappa shape index (κ1) is 25.0. The number of hydrogen-bond acceptors (Lipinski definition) is 6. The van der Waals surface area contributed by atoms with E-state index >= 15 is 0 Å². The van der Waals surface area contributed by atoms with Gasteiger partial charge in [-0.05, 0) is 56.2 Å². The maximum Gasteiger partial charge on any atom is 0.419 e. The fourth-order valence-corrected chi connectivity index (χ4v) is 4.60. The summed E-state index contributed by atoms with van der Waals surface area (Å²) in [5.74, 6) is -1.47. The molecular weight excluding hydrogens is 480 g/mol. The third kappa shape index (κ3) is 5.83. The van der Waals surface area contributed by atoms with Crippen molar-refractivity contribution in [1.82, 2.24) is 10.2 Å². The van der Waals surface area contributed by atoms with Crippen LogP contribution in [-0.2, 0) is 16.7 Å². The number of rotatable bonds is 8. The van der Waals surface area contributed by atoms with Crippen molar-refractivity contribution in [2.75, 3.05) is 0 Å². The van der Waals surface area contributed by atoms with E-state index in [4.69, 9.17) is 4.74 Å². The molecule has 1 unspecified atom stereocenters. The second kappa shape index (κ2) is 9.68. The molecule has 1 aromatic heterocycles. The molecule has 0 aliphatic carbocycles. The van der Waals surface area contributed by atoms with Gasteiger partial charge in [0.25, 0.3) is 0 Å². The lowest BCUT2D eigenvalue weighted by Crippen LogP contribution is -2.40. The number of carbonyl (C=O) groups is 1. The van der Waals surface area contributed by atoms with E-state index in [9.17, 15) is 27.5 Å². The van der Waals surface area contributed by atoms with Crippen LogP contribution < -0.4 is 4.74 Å². The second-order valence-corrected chi connectivity index (χ2v) is 9.51. The Labute approximate surface area is 195 Å². The van der Waals surface area contributed by atoms with Gasteiger partial charge in [0.15, 0.2) is 0 Å². The molecule has 0 bridgehead atoms. The van der Waals surface area contributed by atoms with E-state index in [1.165, 1.54) is 36.1 Å². The summed E-state index contributed by atoms with van der Waals surface area (Å²) in [5.41, 5.74) is -1.64. The molecule has 0 aliphatic heterocycles. The highest BCUT2D eigenvalue weighted by atomic mass is 32.2. The first-order valence-corrected chi connectivity index (χ1v) is 11.6. The van der Waals surface area contributed by atoms with E-state index in [1.54, 1.807) is 19.1 Å². The number of halogens is 4. The van der Waals surface area contributed by atoms with E-state index < -0.39 is 29.1 Å². The van der Waals surface area contributed by atoms with Crippen LogP contribution in [0.3, 0.4) is 0 Å². The maximum atomic E-state index is 13.8. The van der Waals surface area contributed by atoms with E-state index in [2.05, 4.69) is 10.2 Å². The number of carboxylic acids is 1. The van der Waals surface area contributed by atoms with Crippen LogP contribution in [0.2, 0.25) is 0 Å². The average molecular weight is 501 g/mol. The van der Waals surface area contributed by atoms with Gasteiger partial charge >= 0.3 is 12.1 Å². The van der Waals surface area contributed by atoms with Crippen LogP contribution >= 0.6 is 23.1 Å². The largest absolute Gasteiger partial charge is 0.478 e. The van der Waals surface area contributed by atoms with Crippen molar-refractivity contribution in [3.8, 4) is 16.3 Å². The van der Waals surface area contributed by atoms with Gasteiger partial charge in [-0.1, -0.05) is 24.3 Å². The molecule has 0 amide bonds. The van der Waals surface area contributed by atoms with Crippen molar-refractivity contribution < 1.29 is 32.2 Å². The molecule has 0 aliphatic rings. The molecular formula is C22H20F4N2O3S2. The van der Waals surface area contributed by atoms with Crippen LogP contribution in [0.1, 0.15) is 36.4 Å². The van der Waals surface area contributed by atoms with Crippen molar-refractivity contribution in [2.24, 2.45) is 0 Å². The molecule has 11 heteroatoms. The Morgan fingerprint density at radius 2 is 1.91 bits per heavy atom. The zero-order valence-electron chi connectivity index (χ0n) is 17.9. The monoisotopic (exact) mass is 500 g/mol. The predicted octanol–water partition coefficient (Wildman–Crippen LogP) is 6.60. The lowest BCUT2D eigenvalue weighted by Gasteiger charge is -2.26. The summed E-state index contributed by atoms with van der Waals surface area (Å²) in [4.78, 5) is 12.4. The number of aryl methyl sites for hydroxylation is 1. The average Bonchev–Trinajstić information content (AvgIpc) is 3.22. The fraction of sp³-hybridized carbons (Fsp3) is 0.318. The zero-order valence-corrected chi connectivity index (χ0v) is 19.5. The van der Waals surface area contributed by atoms with Gasteiger partial charge in [0.05, 0.1) is 11.3 Å². The molecule has 5 nitrogen and oxygen atoms in total. The van der Waals surface area contributed by atoms with Gasteiger partial charge in [0.2, 0.25) is 5.60 Å². The van der Waals surface area contributed by atoms with Crippen molar-refractivity contribution in [2.45, 2.75) is 49.6 Å². The van der Waals surface area contributed by atoms with Crippen molar-refractivity contribution in [3.63, 3.8) is 0 Å². The van der Waals surface area contributed by atoms with E-state index in [0.29, 0.717) is 34.0 Å². The number of ether oxygens (including phenoxy) is 1. The summed E-state index contributed by atoms with van der Waals surface area (Å²) in [7, 11) is 0. The summed E-state index contributed by atoms with van der Waals surface area (Å²) < 4.78 is 57.8. The van der Waals surface area contributed by atoms with Crippen LogP contribution in [-0.4, -0.2) is 26.9 Å². The maximum absolute atomic E-state index is 13.8. The molecule has 0 spiro atoms. The Kier molecular flexibility index (Phi) is 7.32. The molecule has 0 fully saturated rings. The third-order valence-electron chi connectivity index (χ3n) is 4.96. The van der Waals surface area contributed by atoms with Crippen LogP contribution in [0.5, 0.6) is 5.75 Å². The lowest BCUT2D eigenvalue weighted by molar-refractivity contribution is -0.154. The highest BCUT2D eigenvalue weighted by Gasteiger charge is 2.35. The number of aliphatic carboxylic acids is 1. The summed E-state index contributed by atoms with van der Waals surface area (Å²) in [6, 6.07) is 8.06. The summed E-state index contributed by atoms with van der Waals surface area (Å²) in [6.07, 6.45) is -4.45. The molecule has 0 saturated carbocycles. The van der Waals surface area contributed by atoms with Crippen LogP contribution in [0.25, 0.3) is 10.6 Å². The normalized spacial score (nSPS) is 13.5. The van der Waals surface area contributed by atoms with Crippen molar-refractivity contribution in [1.29, 1.82) is 0 Å². The fourth-order valence-electron chi connectivity index (χ4n) is 2.79. The molecule has 1 atom stereocenters. The first-order valence-electron chi connectivity index (χ1n) is 9.78. The van der Waals surface area contributed by atoms with Gasteiger partial charge in [0, 0.05) is 10.5 Å². The minimum absolute atomic E-state index is 0.226. The van der Waals surface area contributed by atoms with Gasteiger partial charge < -0.3 is 9.84 Å². The topological polar surface area (TPSA) is 72.3 Å². The molecule has 2 aromatic carbocycles. The van der Waals surface area contributed by atoms with E-state index in [-0.39, 0.29) is 5.56 Å². The Bertz CT molecular complexity index is 1170. The van der Waals surface area contributed by atoms with Gasteiger partial charge in [-0.2, -0.15) is 13.2 Å². The molecule has 0 saturated heterocycles. The zero-order chi connectivity index (χ0) is 24.4. The number of alkyl halides is 3. The number of nitrogens with zero attached hydrogens (tertiary/aromatic N) is 2. The van der Waals surface area contributed by atoms with Crippen LogP contribution in [0.15, 0.2) is 41.3 Å². The van der Waals surface area contributed by atoms with Crippen molar-refractivity contribution in [3.05, 3.63) is 58.3 Å². The van der Waals surface area contributed by atoms with Gasteiger partial charge in [-0.15, -0.1) is 22.0 Å². The second-order valence-electron chi connectivity index (χ2n) is 7.40. The van der Waals surface area contributed by atoms with Gasteiger partial charge in [-0.25, -0.2) is 9.18 Å². The Balaban J connectivity index is 1.68. The molecule has 33 heavy (non-hydrogen) atoms. The molecule has 176 valence electrons. The number of carboxylic acid groups (broad SMARTS) is 1. The number of aromatic nitrogens is 2. The highest BCUT2D eigenvalue weighted by Crippen LogP contribution is 2.35. The van der Waals surface area contributed by atoms with Crippen molar-refractivity contribution >= 4 is 29.1 Å². The Morgan fingerprint density at radius 3 is 2.48 bits per heavy atom. The number of thioether (sulfide) groups is 1. The number of benzene rings is 2.